The van der Waals surface area contributed by atoms with Crippen LogP contribution in [0.1, 0.15) is 30.9 Å². The molecule has 2 aliphatic heterocycles. The van der Waals surface area contributed by atoms with Crippen LogP contribution in [0.5, 0.6) is 0 Å². The van der Waals surface area contributed by atoms with Gasteiger partial charge in [0.2, 0.25) is 0 Å². The van der Waals surface area contributed by atoms with Crippen LogP contribution < -0.4 is 0 Å². The molecule has 2 saturated heterocycles. The van der Waals surface area contributed by atoms with E-state index in [0.717, 1.165) is 30.8 Å². The molecule has 3 rings (SSSR count). The van der Waals surface area contributed by atoms with E-state index >= 15 is 0 Å². The Bertz CT molecular complexity index is 446. The van der Waals surface area contributed by atoms with Crippen LogP contribution in [0.2, 0.25) is 0 Å². The van der Waals surface area contributed by atoms with Gasteiger partial charge in [0, 0.05) is 12.4 Å². The summed E-state index contributed by atoms with van der Waals surface area (Å²) in [5.41, 5.74) is 0.648. The second kappa shape index (κ2) is 5.43. The molecule has 0 aromatic heterocycles. The first-order valence-corrected chi connectivity index (χ1v) is 7.99. The van der Waals surface area contributed by atoms with E-state index in [0.29, 0.717) is 12.2 Å². The van der Waals surface area contributed by atoms with E-state index in [9.17, 15) is 9.50 Å². The number of thioether (sulfide) groups is 1. The molecular formula is C15H19FO2S. The van der Waals surface area contributed by atoms with Crippen LogP contribution >= 0.6 is 11.8 Å². The van der Waals surface area contributed by atoms with Crippen LogP contribution in [-0.2, 0) is 4.74 Å². The Balaban J connectivity index is 1.74. The minimum atomic E-state index is -0.581. The summed E-state index contributed by atoms with van der Waals surface area (Å²) >= 11 is 1.92. The number of hydrogen-bond acceptors (Lipinski definition) is 3. The van der Waals surface area contributed by atoms with Gasteiger partial charge in [-0.1, -0.05) is 12.1 Å². The Morgan fingerprint density at radius 2 is 2.37 bits per heavy atom. The summed E-state index contributed by atoms with van der Waals surface area (Å²) in [6, 6.07) is 6.32. The summed E-state index contributed by atoms with van der Waals surface area (Å²) in [5.74, 6) is 2.06. The molecule has 1 aromatic rings. The van der Waals surface area contributed by atoms with Crippen molar-refractivity contribution in [3.8, 4) is 0 Å². The molecule has 19 heavy (non-hydrogen) atoms. The van der Waals surface area contributed by atoms with Crippen molar-refractivity contribution < 1.29 is 14.2 Å². The first-order chi connectivity index (χ1) is 9.19. The third-order valence-electron chi connectivity index (χ3n) is 4.23. The van der Waals surface area contributed by atoms with Gasteiger partial charge in [0.05, 0.1) is 11.7 Å². The van der Waals surface area contributed by atoms with Gasteiger partial charge in [-0.3, -0.25) is 0 Å². The highest BCUT2D eigenvalue weighted by atomic mass is 32.2. The monoisotopic (exact) mass is 282 g/mol. The lowest BCUT2D eigenvalue weighted by atomic mass is 9.80. The molecule has 3 atom stereocenters. The lowest BCUT2D eigenvalue weighted by Gasteiger charge is -2.39. The van der Waals surface area contributed by atoms with Crippen LogP contribution in [-0.4, -0.2) is 28.8 Å². The number of halogens is 1. The predicted molar refractivity (Wildman–Crippen MR) is 74.7 cm³/mol. The molecule has 2 heterocycles. The van der Waals surface area contributed by atoms with E-state index in [1.165, 1.54) is 12.1 Å². The summed E-state index contributed by atoms with van der Waals surface area (Å²) in [6.45, 7) is 0.706. The highest BCUT2D eigenvalue weighted by Gasteiger charge is 2.42. The first kappa shape index (κ1) is 13.4. The smallest absolute Gasteiger partial charge is 0.123 e. The van der Waals surface area contributed by atoms with Crippen molar-refractivity contribution in [1.29, 1.82) is 0 Å². The zero-order chi connectivity index (χ0) is 13.3. The van der Waals surface area contributed by atoms with E-state index in [1.54, 1.807) is 12.1 Å². The van der Waals surface area contributed by atoms with Gasteiger partial charge in [-0.05, 0) is 48.6 Å². The van der Waals surface area contributed by atoms with E-state index in [4.69, 9.17) is 4.74 Å². The van der Waals surface area contributed by atoms with Crippen molar-refractivity contribution in [3.63, 3.8) is 0 Å². The van der Waals surface area contributed by atoms with Crippen LogP contribution in [0.25, 0.3) is 0 Å². The third kappa shape index (κ3) is 2.81. The second-order valence-corrected chi connectivity index (χ2v) is 6.69. The highest BCUT2D eigenvalue weighted by molar-refractivity contribution is 7.99. The van der Waals surface area contributed by atoms with E-state index in [2.05, 4.69) is 0 Å². The normalized spacial score (nSPS) is 32.6. The summed E-state index contributed by atoms with van der Waals surface area (Å²) in [7, 11) is 0. The Morgan fingerprint density at radius 3 is 3.11 bits per heavy atom. The number of aliphatic hydroxyl groups is 1. The maximum absolute atomic E-state index is 13.2. The van der Waals surface area contributed by atoms with E-state index < -0.39 is 6.10 Å². The lowest BCUT2D eigenvalue weighted by Crippen LogP contribution is -2.41. The zero-order valence-corrected chi connectivity index (χ0v) is 11.7. The minimum absolute atomic E-state index is 0.0398. The van der Waals surface area contributed by atoms with E-state index in [-0.39, 0.29) is 17.3 Å². The topological polar surface area (TPSA) is 29.5 Å². The number of ether oxygens (including phenoxy) is 1. The average molecular weight is 282 g/mol. The molecular weight excluding hydrogens is 263 g/mol. The second-order valence-electron chi connectivity index (χ2n) is 5.59. The molecule has 0 aliphatic carbocycles. The van der Waals surface area contributed by atoms with E-state index in [1.807, 2.05) is 11.8 Å². The van der Waals surface area contributed by atoms with Gasteiger partial charge in [-0.15, -0.1) is 0 Å². The fraction of sp³-hybridized carbons (Fsp3) is 0.600. The summed E-state index contributed by atoms with van der Waals surface area (Å²) in [6.07, 6.45) is 2.23. The maximum atomic E-state index is 13.2. The molecule has 1 aromatic carbocycles. The number of hydrogen-bond donors (Lipinski definition) is 1. The Hall–Kier alpha value is -0.580. The minimum Gasteiger partial charge on any atom is -0.388 e. The quantitative estimate of drug-likeness (QED) is 0.903. The molecule has 2 aliphatic rings. The summed E-state index contributed by atoms with van der Waals surface area (Å²) in [4.78, 5) is 0. The van der Waals surface area contributed by atoms with Crippen molar-refractivity contribution in [2.24, 2.45) is 5.92 Å². The Labute approximate surface area is 117 Å². The van der Waals surface area contributed by atoms with Crippen LogP contribution in [0, 0.1) is 11.7 Å². The number of benzene rings is 1. The molecule has 0 amide bonds. The average Bonchev–Trinajstić information content (AvgIpc) is 2.86. The zero-order valence-electron chi connectivity index (χ0n) is 10.8. The Kier molecular flexibility index (Phi) is 3.83. The van der Waals surface area contributed by atoms with Crippen molar-refractivity contribution in [1.82, 2.24) is 0 Å². The molecule has 3 unspecified atom stereocenters. The molecule has 104 valence electrons. The SMILES string of the molecule is OC(c1cccc(F)c1)C1CCOC2(CCSC2)C1. The van der Waals surface area contributed by atoms with Crippen molar-refractivity contribution >= 4 is 11.8 Å². The van der Waals surface area contributed by atoms with Crippen molar-refractivity contribution in [2.45, 2.75) is 31.0 Å². The van der Waals surface area contributed by atoms with Gasteiger partial charge in [0.15, 0.2) is 0 Å². The molecule has 0 radical (unpaired) electrons. The van der Waals surface area contributed by atoms with Crippen LogP contribution in [0.15, 0.2) is 24.3 Å². The highest BCUT2D eigenvalue weighted by Crippen LogP contribution is 2.43. The predicted octanol–water partition coefficient (Wildman–Crippen LogP) is 3.16. The molecule has 0 bridgehead atoms. The number of rotatable bonds is 2. The maximum Gasteiger partial charge on any atom is 0.123 e. The standard InChI is InChI=1S/C15H19FO2S/c16-13-3-1-2-11(8-13)14(17)12-4-6-18-15(9-12)5-7-19-10-15/h1-3,8,12,14,17H,4-7,9-10H2. The van der Waals surface area contributed by atoms with Gasteiger partial charge in [0.1, 0.15) is 5.82 Å². The molecule has 0 saturated carbocycles. The van der Waals surface area contributed by atoms with Gasteiger partial charge < -0.3 is 9.84 Å². The van der Waals surface area contributed by atoms with Crippen molar-refractivity contribution in [2.75, 3.05) is 18.1 Å². The van der Waals surface area contributed by atoms with Gasteiger partial charge in [0.25, 0.3) is 0 Å². The van der Waals surface area contributed by atoms with Crippen molar-refractivity contribution in [3.05, 3.63) is 35.6 Å². The summed E-state index contributed by atoms with van der Waals surface area (Å²) in [5, 5.41) is 10.5. The Morgan fingerprint density at radius 1 is 1.47 bits per heavy atom. The fourth-order valence-electron chi connectivity index (χ4n) is 3.16. The van der Waals surface area contributed by atoms with Crippen LogP contribution in [0.3, 0.4) is 0 Å². The molecule has 2 nitrogen and oxygen atoms in total. The third-order valence-corrected chi connectivity index (χ3v) is 5.46. The molecule has 4 heteroatoms. The molecule has 2 fully saturated rings. The van der Waals surface area contributed by atoms with Gasteiger partial charge >= 0.3 is 0 Å². The summed E-state index contributed by atoms with van der Waals surface area (Å²) < 4.78 is 19.2. The molecule has 1 N–H and O–H groups in total. The van der Waals surface area contributed by atoms with Gasteiger partial charge in [-0.2, -0.15) is 11.8 Å². The fourth-order valence-corrected chi connectivity index (χ4v) is 4.54. The number of aliphatic hydroxyl groups excluding tert-OH is 1. The first-order valence-electron chi connectivity index (χ1n) is 6.84. The van der Waals surface area contributed by atoms with Gasteiger partial charge in [-0.25, -0.2) is 4.39 Å². The van der Waals surface area contributed by atoms with Crippen LogP contribution in [0.4, 0.5) is 4.39 Å². The lowest BCUT2D eigenvalue weighted by molar-refractivity contribution is -0.102. The molecule has 1 spiro atoms. The largest absolute Gasteiger partial charge is 0.388 e.